The number of thiazole rings is 1. The number of benzene rings is 2. The molecule has 0 spiro atoms. The van der Waals surface area contributed by atoms with Crippen molar-refractivity contribution >= 4 is 43.3 Å². The van der Waals surface area contributed by atoms with Crippen LogP contribution in [0.15, 0.2) is 53.4 Å². The lowest BCUT2D eigenvalue weighted by molar-refractivity contribution is -0.137. The molecule has 0 radical (unpaired) electrons. The second-order valence-corrected chi connectivity index (χ2v) is 12.3. The fourth-order valence-electron chi connectivity index (χ4n) is 2.61. The minimum Gasteiger partial charge on any atom is -0.383 e. The van der Waals surface area contributed by atoms with Gasteiger partial charge >= 0.3 is 16.3 Å². The van der Waals surface area contributed by atoms with E-state index in [1.54, 1.807) is 12.1 Å². The largest absolute Gasteiger partial charge is 0.416 e. The molecule has 3 rings (SSSR count). The van der Waals surface area contributed by atoms with Crippen molar-refractivity contribution in [3.63, 3.8) is 0 Å². The van der Waals surface area contributed by atoms with E-state index in [1.807, 2.05) is 0 Å². The zero-order chi connectivity index (χ0) is 25.1. The predicted molar refractivity (Wildman–Crippen MR) is 124 cm³/mol. The molecule has 184 valence electrons. The quantitative estimate of drug-likeness (QED) is 0.272. The Bertz CT molecular complexity index is 1350. The van der Waals surface area contributed by atoms with Crippen LogP contribution in [-0.2, 0) is 43.0 Å². The Morgan fingerprint density at radius 2 is 1.56 bits per heavy atom. The molecule has 2 aromatic carbocycles. The summed E-state index contributed by atoms with van der Waals surface area (Å²) in [6.07, 6.45) is -2.61. The smallest absolute Gasteiger partial charge is 0.383 e. The van der Waals surface area contributed by atoms with Gasteiger partial charge in [-0.05, 0) is 36.4 Å². The van der Waals surface area contributed by atoms with Crippen LogP contribution < -0.4 is 4.18 Å². The van der Waals surface area contributed by atoms with Gasteiger partial charge in [0, 0.05) is 21.1 Å². The third-order valence-corrected chi connectivity index (χ3v) is 7.50. The van der Waals surface area contributed by atoms with Crippen molar-refractivity contribution in [1.82, 2.24) is 4.98 Å². The zero-order valence-electron chi connectivity index (χ0n) is 17.7. The molecule has 0 N–H and O–H groups in total. The van der Waals surface area contributed by atoms with Crippen molar-refractivity contribution in [2.75, 3.05) is 12.5 Å². The predicted octanol–water partition coefficient (Wildman–Crippen LogP) is 4.94. The first kappa shape index (κ1) is 26.5. The number of hydrogen-bond donors (Lipinski definition) is 0. The molecule has 1 aromatic heterocycles. The van der Waals surface area contributed by atoms with Gasteiger partial charge in [0.25, 0.3) is 10.1 Å². The summed E-state index contributed by atoms with van der Waals surface area (Å²) in [5, 5.41) is 0.424. The minimum absolute atomic E-state index is 0.163. The number of halogens is 3. The number of aromatic nitrogens is 1. The first-order valence-corrected chi connectivity index (χ1v) is 14.8. The van der Waals surface area contributed by atoms with Crippen LogP contribution in [0.4, 0.5) is 13.2 Å². The highest BCUT2D eigenvalue weighted by Crippen LogP contribution is 2.36. The summed E-state index contributed by atoms with van der Waals surface area (Å²) in [5.74, 6) is 0.531. The Kier molecular flexibility index (Phi) is 7.97. The van der Waals surface area contributed by atoms with Gasteiger partial charge in [-0.1, -0.05) is 12.1 Å². The van der Waals surface area contributed by atoms with Crippen LogP contribution >= 0.6 is 23.1 Å². The normalized spacial score (nSPS) is 12.6. The van der Waals surface area contributed by atoms with Crippen molar-refractivity contribution in [2.45, 2.75) is 23.4 Å². The van der Waals surface area contributed by atoms with Gasteiger partial charge in [-0.25, -0.2) is 4.98 Å². The van der Waals surface area contributed by atoms with E-state index in [1.165, 1.54) is 47.4 Å². The molecule has 1 heterocycles. The molecule has 14 heteroatoms. The molecule has 0 bridgehead atoms. The Balaban J connectivity index is 1.81. The molecule has 7 nitrogen and oxygen atoms in total. The molecule has 0 fully saturated rings. The van der Waals surface area contributed by atoms with E-state index in [2.05, 4.69) is 4.98 Å². The highest BCUT2D eigenvalue weighted by molar-refractivity contribution is 7.98. The minimum atomic E-state index is -4.46. The summed E-state index contributed by atoms with van der Waals surface area (Å²) in [7, 11) is -7.38. The topological polar surface area (TPSA) is 99.6 Å². The first-order valence-electron chi connectivity index (χ1n) is 9.32. The molecular weight excluding hydrogens is 535 g/mol. The van der Waals surface area contributed by atoms with Crippen molar-refractivity contribution < 1.29 is 38.4 Å². The lowest BCUT2D eigenvalue weighted by atomic mass is 10.1. The Morgan fingerprint density at radius 3 is 2.09 bits per heavy atom. The van der Waals surface area contributed by atoms with Crippen LogP contribution in [0.1, 0.15) is 16.1 Å². The standard InChI is InChI=1S/C20H18F3NO6S4/c1-33(25,26)29-11-17-18(12-31-16-9-7-15(8-10-16)30-34(2,27)28)32-19(24-17)13-3-5-14(6-4-13)20(21,22)23/h3-10H,11-12H2,1-2H3. The van der Waals surface area contributed by atoms with E-state index in [4.69, 9.17) is 8.37 Å². The molecule has 3 aromatic rings. The van der Waals surface area contributed by atoms with Gasteiger partial charge in [0.05, 0.1) is 23.8 Å². The van der Waals surface area contributed by atoms with Gasteiger partial charge < -0.3 is 4.18 Å². The highest BCUT2D eigenvalue weighted by atomic mass is 32.2. The van der Waals surface area contributed by atoms with Crippen LogP contribution in [0.25, 0.3) is 10.6 Å². The van der Waals surface area contributed by atoms with Gasteiger partial charge in [0.2, 0.25) is 0 Å². The maximum Gasteiger partial charge on any atom is 0.416 e. The van der Waals surface area contributed by atoms with Gasteiger partial charge in [0.1, 0.15) is 17.4 Å². The van der Waals surface area contributed by atoms with Crippen LogP contribution in [0.3, 0.4) is 0 Å². The molecule has 0 unspecified atom stereocenters. The molecule has 0 aliphatic heterocycles. The van der Waals surface area contributed by atoms with Gasteiger partial charge in [-0.2, -0.15) is 30.0 Å². The summed E-state index contributed by atoms with van der Waals surface area (Å²) in [4.78, 5) is 5.85. The van der Waals surface area contributed by atoms with Crippen LogP contribution in [0.5, 0.6) is 5.75 Å². The van der Waals surface area contributed by atoms with Crippen LogP contribution in [-0.4, -0.2) is 34.3 Å². The average Bonchev–Trinajstić information content (AvgIpc) is 3.13. The molecular formula is C20H18F3NO6S4. The average molecular weight is 554 g/mol. The maximum atomic E-state index is 12.8. The third kappa shape index (κ3) is 7.98. The summed E-state index contributed by atoms with van der Waals surface area (Å²) < 4.78 is 93.5. The van der Waals surface area contributed by atoms with Gasteiger partial charge in [-0.15, -0.1) is 23.1 Å². The number of nitrogens with zero attached hydrogens (tertiary/aromatic N) is 1. The Labute approximate surface area is 203 Å². The van der Waals surface area contributed by atoms with Crippen molar-refractivity contribution in [3.8, 4) is 16.3 Å². The molecule has 34 heavy (non-hydrogen) atoms. The molecule has 0 saturated carbocycles. The second kappa shape index (κ2) is 10.2. The maximum absolute atomic E-state index is 12.8. The molecule has 0 amide bonds. The summed E-state index contributed by atoms with van der Waals surface area (Å²) in [6.45, 7) is -0.313. The number of rotatable bonds is 9. The van der Waals surface area contributed by atoms with Crippen LogP contribution in [0, 0.1) is 0 Å². The van der Waals surface area contributed by atoms with E-state index >= 15 is 0 Å². The number of alkyl halides is 3. The fourth-order valence-corrected chi connectivity index (χ4v) is 5.47. The Morgan fingerprint density at radius 1 is 0.941 bits per heavy atom. The third-order valence-electron chi connectivity index (χ3n) is 4.09. The van der Waals surface area contributed by atoms with Crippen molar-refractivity contribution in [2.24, 2.45) is 0 Å². The summed E-state index contributed by atoms with van der Waals surface area (Å²) in [5.41, 5.74) is 0.0273. The second-order valence-electron chi connectivity index (χ2n) is 6.98. The Hall–Kier alpha value is -2.13. The van der Waals surface area contributed by atoms with E-state index in [-0.39, 0.29) is 12.4 Å². The fraction of sp³-hybridized carbons (Fsp3) is 0.250. The molecule has 0 aliphatic carbocycles. The lowest BCUT2D eigenvalue weighted by Gasteiger charge is -2.06. The van der Waals surface area contributed by atoms with Crippen LogP contribution in [0.2, 0.25) is 0 Å². The van der Waals surface area contributed by atoms with Crippen molar-refractivity contribution in [3.05, 3.63) is 64.7 Å². The number of thioether (sulfide) groups is 1. The summed E-state index contributed by atoms with van der Waals surface area (Å²) in [6, 6.07) is 10.8. The molecule has 0 saturated heterocycles. The van der Waals surface area contributed by atoms with E-state index < -0.39 is 32.0 Å². The summed E-state index contributed by atoms with van der Waals surface area (Å²) >= 11 is 2.59. The van der Waals surface area contributed by atoms with Crippen molar-refractivity contribution in [1.29, 1.82) is 0 Å². The van der Waals surface area contributed by atoms with E-state index in [0.29, 0.717) is 26.9 Å². The van der Waals surface area contributed by atoms with Gasteiger partial charge in [0.15, 0.2) is 0 Å². The molecule has 0 aliphatic rings. The molecule has 0 atom stereocenters. The monoisotopic (exact) mass is 553 g/mol. The highest BCUT2D eigenvalue weighted by Gasteiger charge is 2.30. The SMILES string of the molecule is CS(=O)(=O)OCc1nc(-c2ccc(C(F)(F)F)cc2)sc1CSc1ccc(OS(C)(=O)=O)cc1. The lowest BCUT2D eigenvalue weighted by Crippen LogP contribution is -2.05. The first-order chi connectivity index (χ1) is 15.7. The zero-order valence-corrected chi connectivity index (χ0v) is 21.0. The van der Waals surface area contributed by atoms with E-state index in [0.717, 1.165) is 29.5 Å². The number of hydrogen-bond acceptors (Lipinski definition) is 9. The van der Waals surface area contributed by atoms with Gasteiger partial charge in [-0.3, -0.25) is 4.18 Å². The van der Waals surface area contributed by atoms with E-state index in [9.17, 15) is 30.0 Å².